The number of carbonyl (C=O) groups excluding carboxylic acids is 1. The van der Waals surface area contributed by atoms with Crippen LogP contribution in [0, 0.1) is 5.92 Å². The molecule has 0 spiro atoms. The zero-order valence-electron chi connectivity index (χ0n) is 25.7. The molecule has 0 radical (unpaired) electrons. The third kappa shape index (κ3) is 12.8. The van der Waals surface area contributed by atoms with Crippen molar-refractivity contribution in [3.8, 4) is 0 Å². The Kier molecular flexibility index (Phi) is 15.9. The van der Waals surface area contributed by atoms with Crippen molar-refractivity contribution in [2.75, 3.05) is 13.7 Å². The molecule has 4 atom stereocenters. The number of methoxy groups -OCH3 is 1. The highest BCUT2D eigenvalue weighted by Crippen LogP contribution is 2.22. The first kappa shape index (κ1) is 34.6. The third-order valence-corrected chi connectivity index (χ3v) is 6.95. The summed E-state index contributed by atoms with van der Waals surface area (Å²) in [5.74, 6) is -0.793. The van der Waals surface area contributed by atoms with Crippen molar-refractivity contribution in [1.82, 2.24) is 0 Å². The summed E-state index contributed by atoms with van der Waals surface area (Å²) in [6.07, 6.45) is -1.92. The van der Waals surface area contributed by atoms with Gasteiger partial charge in [-0.2, -0.15) is 0 Å². The average molecular weight is 600 g/mol. The lowest BCUT2D eigenvalue weighted by atomic mass is 9.96. The number of aliphatic hydroxyl groups is 1. The van der Waals surface area contributed by atoms with E-state index in [9.17, 15) is 9.90 Å². The molecule has 0 aliphatic carbocycles. The molecule has 0 amide bonds. The van der Waals surface area contributed by atoms with Gasteiger partial charge in [0.1, 0.15) is 12.7 Å². The first-order valence-corrected chi connectivity index (χ1v) is 14.9. The minimum absolute atomic E-state index is 0.0114. The number of hydrogen-bond donors (Lipinski definition) is 2. The number of benzene rings is 4. The molecule has 44 heavy (non-hydrogen) atoms. The Bertz CT molecular complexity index is 1290. The van der Waals surface area contributed by atoms with Gasteiger partial charge in [0, 0.05) is 13.7 Å². The summed E-state index contributed by atoms with van der Waals surface area (Å²) in [4.78, 5) is 12.8. The summed E-state index contributed by atoms with van der Waals surface area (Å²) in [5, 5.41) is 10.7. The maximum absolute atomic E-state index is 12.8. The maximum Gasteiger partial charge on any atom is 0.309 e. The lowest BCUT2D eigenvalue weighted by molar-refractivity contribution is -0.157. The number of rotatable bonds is 16. The molecule has 0 bridgehead atoms. The van der Waals surface area contributed by atoms with Gasteiger partial charge in [0.15, 0.2) is 0 Å². The van der Waals surface area contributed by atoms with Crippen molar-refractivity contribution < 1.29 is 28.8 Å². The molecule has 4 rings (SSSR count). The van der Waals surface area contributed by atoms with Crippen molar-refractivity contribution in [1.29, 1.82) is 0 Å². The van der Waals surface area contributed by atoms with Crippen molar-refractivity contribution in [3.05, 3.63) is 144 Å². The smallest absolute Gasteiger partial charge is 0.309 e. The van der Waals surface area contributed by atoms with Gasteiger partial charge < -0.3 is 29.8 Å². The maximum atomic E-state index is 12.8. The number of ether oxygens (including phenoxy) is 4. The minimum Gasteiger partial charge on any atom is -0.461 e. The van der Waals surface area contributed by atoms with E-state index >= 15 is 0 Å². The van der Waals surface area contributed by atoms with Crippen molar-refractivity contribution >= 4 is 5.97 Å². The average Bonchev–Trinajstić information content (AvgIpc) is 3.08. The van der Waals surface area contributed by atoms with Gasteiger partial charge >= 0.3 is 5.97 Å². The first-order valence-electron chi connectivity index (χ1n) is 14.9. The Morgan fingerprint density at radius 3 is 1.50 bits per heavy atom. The monoisotopic (exact) mass is 599 g/mol. The molecule has 4 aromatic carbocycles. The van der Waals surface area contributed by atoms with E-state index in [0.29, 0.717) is 26.2 Å². The third-order valence-electron chi connectivity index (χ3n) is 6.95. The van der Waals surface area contributed by atoms with Crippen LogP contribution in [0.1, 0.15) is 35.6 Å². The van der Waals surface area contributed by atoms with Crippen LogP contribution >= 0.6 is 0 Å². The molecular formula is C37H45NO6. The van der Waals surface area contributed by atoms with Crippen LogP contribution in [0.5, 0.6) is 0 Å². The van der Waals surface area contributed by atoms with E-state index in [1.807, 2.05) is 121 Å². The van der Waals surface area contributed by atoms with Gasteiger partial charge in [-0.3, -0.25) is 4.79 Å². The lowest BCUT2D eigenvalue weighted by Crippen LogP contribution is -2.46. The van der Waals surface area contributed by atoms with Crippen LogP contribution < -0.4 is 5.73 Å². The second kappa shape index (κ2) is 20.2. The van der Waals surface area contributed by atoms with Gasteiger partial charge in [0.2, 0.25) is 0 Å². The highest BCUT2D eigenvalue weighted by atomic mass is 16.6. The molecular weight excluding hydrogens is 554 g/mol. The fourth-order valence-electron chi connectivity index (χ4n) is 4.50. The number of esters is 1. The topological polar surface area (TPSA) is 100 Å². The molecule has 0 saturated carbocycles. The number of carbonyl (C=O) groups is 1. The highest BCUT2D eigenvalue weighted by molar-refractivity contribution is 5.72. The Balaban J connectivity index is 0.000000502. The summed E-state index contributed by atoms with van der Waals surface area (Å²) >= 11 is 0. The van der Waals surface area contributed by atoms with Gasteiger partial charge in [-0.05, 0) is 28.7 Å². The predicted molar refractivity (Wildman–Crippen MR) is 172 cm³/mol. The molecule has 4 unspecified atom stereocenters. The summed E-state index contributed by atoms with van der Waals surface area (Å²) in [6, 6.07) is 39.1. The van der Waals surface area contributed by atoms with E-state index in [0.717, 1.165) is 16.7 Å². The van der Waals surface area contributed by atoms with Gasteiger partial charge in [-0.1, -0.05) is 128 Å². The molecule has 7 nitrogen and oxygen atoms in total. The van der Waals surface area contributed by atoms with E-state index in [4.69, 9.17) is 24.7 Å². The van der Waals surface area contributed by atoms with Crippen LogP contribution in [0.3, 0.4) is 0 Å². The van der Waals surface area contributed by atoms with Crippen LogP contribution in [0.4, 0.5) is 0 Å². The molecule has 0 aliphatic rings. The molecule has 0 fully saturated rings. The van der Waals surface area contributed by atoms with Crippen LogP contribution in [0.25, 0.3) is 0 Å². The van der Waals surface area contributed by atoms with E-state index in [-0.39, 0.29) is 19.1 Å². The largest absolute Gasteiger partial charge is 0.461 e. The second-order valence-electron chi connectivity index (χ2n) is 10.5. The number of hydrogen-bond acceptors (Lipinski definition) is 7. The Labute approximate surface area is 261 Å². The lowest BCUT2D eigenvalue weighted by Gasteiger charge is -2.32. The predicted octanol–water partition coefficient (Wildman–Crippen LogP) is 6.08. The number of nitrogens with two attached hydrogens (primary N) is 1. The van der Waals surface area contributed by atoms with Gasteiger partial charge in [0.25, 0.3) is 0 Å². The van der Waals surface area contributed by atoms with Crippen molar-refractivity contribution in [2.24, 2.45) is 11.7 Å². The second-order valence-corrected chi connectivity index (χ2v) is 10.5. The van der Waals surface area contributed by atoms with E-state index in [1.165, 1.54) is 5.56 Å². The summed E-state index contributed by atoms with van der Waals surface area (Å²) in [7, 11) is 1.70. The van der Waals surface area contributed by atoms with Crippen molar-refractivity contribution in [2.45, 2.75) is 58.1 Å². The van der Waals surface area contributed by atoms with Crippen LogP contribution in [0.15, 0.2) is 121 Å². The SMILES string of the molecule is CC(CC(OCc1ccccc1)C(OCc1ccccc1)C(O)CN)C(=O)OCc1ccccc1.COCc1ccccc1. The van der Waals surface area contributed by atoms with E-state index in [2.05, 4.69) is 0 Å². The molecule has 0 aromatic heterocycles. The molecule has 0 saturated heterocycles. The Morgan fingerprint density at radius 2 is 1.07 bits per heavy atom. The molecule has 4 aromatic rings. The standard InChI is InChI=1S/C29H35NO5.C8H10O/c1-22(29(32)35-21-25-15-9-4-10-16-25)17-27(33-19-23-11-5-2-6-12-23)28(26(31)18-30)34-20-24-13-7-3-8-14-24;1-9-7-8-5-3-2-4-6-8/h2-16,22,26-28,31H,17-21,30H2,1H3;2-6H,7H2,1H3. The fraction of sp³-hybridized carbons (Fsp3) is 0.324. The first-order chi connectivity index (χ1) is 21.5. The zero-order chi connectivity index (χ0) is 31.4. The highest BCUT2D eigenvalue weighted by Gasteiger charge is 2.33. The quantitative estimate of drug-likeness (QED) is 0.151. The van der Waals surface area contributed by atoms with Crippen molar-refractivity contribution in [3.63, 3.8) is 0 Å². The molecule has 0 heterocycles. The minimum atomic E-state index is -0.952. The van der Waals surface area contributed by atoms with E-state index in [1.54, 1.807) is 14.0 Å². The van der Waals surface area contributed by atoms with Gasteiger partial charge in [0.05, 0.1) is 37.9 Å². The Morgan fingerprint density at radius 1 is 0.659 bits per heavy atom. The molecule has 234 valence electrons. The molecule has 0 aliphatic heterocycles. The Hall–Kier alpha value is -3.85. The van der Waals surface area contributed by atoms with Crippen LogP contribution in [-0.2, 0) is 50.2 Å². The summed E-state index contributed by atoms with van der Waals surface area (Å²) in [5.41, 5.74) is 9.92. The van der Waals surface area contributed by atoms with Gasteiger partial charge in [-0.15, -0.1) is 0 Å². The van der Waals surface area contributed by atoms with Crippen LogP contribution in [0.2, 0.25) is 0 Å². The summed E-state index contributed by atoms with van der Waals surface area (Å²) < 4.78 is 22.8. The fourth-order valence-corrected chi connectivity index (χ4v) is 4.50. The summed E-state index contributed by atoms with van der Waals surface area (Å²) in [6.45, 7) is 3.34. The zero-order valence-corrected chi connectivity index (χ0v) is 25.7. The van der Waals surface area contributed by atoms with Gasteiger partial charge in [-0.25, -0.2) is 0 Å². The normalized spacial score (nSPS) is 13.5. The van der Waals surface area contributed by atoms with E-state index < -0.39 is 24.2 Å². The molecule has 3 N–H and O–H groups in total. The van der Waals surface area contributed by atoms with Crippen LogP contribution in [-0.4, -0.2) is 43.0 Å². The number of aliphatic hydroxyl groups excluding tert-OH is 1. The molecule has 7 heteroatoms.